The van der Waals surface area contributed by atoms with Gasteiger partial charge in [0.05, 0.1) is 5.69 Å². The van der Waals surface area contributed by atoms with Crippen molar-refractivity contribution >= 4 is 23.4 Å². The molecule has 0 radical (unpaired) electrons. The van der Waals surface area contributed by atoms with Gasteiger partial charge in [0, 0.05) is 13.1 Å². The Hall–Kier alpha value is -1.10. The average molecular weight is 294 g/mol. The predicted molar refractivity (Wildman–Crippen MR) is 86.7 cm³/mol. The number of fused-ring (bicyclic) bond motifs is 1. The molecule has 2 atom stereocenters. The van der Waals surface area contributed by atoms with Crippen molar-refractivity contribution in [1.29, 1.82) is 0 Å². The maximum absolute atomic E-state index is 5.54. The molecule has 2 unspecified atom stereocenters. The number of imidazole rings is 1. The van der Waals surface area contributed by atoms with Crippen molar-refractivity contribution < 1.29 is 0 Å². The lowest BCUT2D eigenvalue weighted by molar-refractivity contribution is 0.398. The third kappa shape index (κ3) is 2.68. The molecule has 2 heterocycles. The molecule has 0 saturated carbocycles. The van der Waals surface area contributed by atoms with Crippen LogP contribution >= 0.6 is 12.2 Å². The van der Waals surface area contributed by atoms with Gasteiger partial charge >= 0.3 is 0 Å². The number of nitrogens with zero attached hydrogens (tertiary/aromatic N) is 3. The molecule has 5 heteroatoms. The predicted octanol–water partition coefficient (Wildman–Crippen LogP) is 4.38. The third-order valence-electron chi connectivity index (χ3n) is 4.14. The van der Waals surface area contributed by atoms with E-state index in [9.17, 15) is 0 Å². The van der Waals surface area contributed by atoms with E-state index in [0.29, 0.717) is 12.0 Å². The van der Waals surface area contributed by atoms with Crippen LogP contribution in [0.15, 0.2) is 0 Å². The summed E-state index contributed by atoms with van der Waals surface area (Å²) < 4.78 is 5.03. The number of nitrogens with one attached hydrogen (secondary N) is 1. The Labute approximate surface area is 126 Å². The summed E-state index contributed by atoms with van der Waals surface area (Å²) in [6.07, 6.45) is 4.44. The number of rotatable bonds is 6. The van der Waals surface area contributed by atoms with Gasteiger partial charge in [-0.2, -0.15) is 5.10 Å². The zero-order chi connectivity index (χ0) is 14.9. The standard InChI is InChI=1S/C15H26N4S/c1-6-8-12-13-14(18(5)17-12)19(15(20)16-13)11(4)9-10(3)7-2/h10-11H,6-9H2,1-5H3,(H,16,20). The quantitative estimate of drug-likeness (QED) is 0.803. The average Bonchev–Trinajstić information content (AvgIpc) is 2.88. The highest BCUT2D eigenvalue weighted by Crippen LogP contribution is 2.26. The zero-order valence-electron chi connectivity index (χ0n) is 13.2. The maximum atomic E-state index is 5.54. The highest BCUT2D eigenvalue weighted by Gasteiger charge is 2.19. The summed E-state index contributed by atoms with van der Waals surface area (Å²) in [5.74, 6) is 0.709. The highest BCUT2D eigenvalue weighted by molar-refractivity contribution is 7.71. The molecule has 1 N–H and O–H groups in total. The van der Waals surface area contributed by atoms with Gasteiger partial charge in [-0.25, -0.2) is 0 Å². The largest absolute Gasteiger partial charge is 0.328 e. The van der Waals surface area contributed by atoms with Gasteiger partial charge in [0.1, 0.15) is 5.52 Å². The Kier molecular flexibility index (Phi) is 4.68. The summed E-state index contributed by atoms with van der Waals surface area (Å²) in [4.78, 5) is 3.37. The van der Waals surface area contributed by atoms with Crippen LogP contribution in [0.1, 0.15) is 58.7 Å². The molecule has 4 nitrogen and oxygen atoms in total. The van der Waals surface area contributed by atoms with Gasteiger partial charge in [-0.1, -0.05) is 33.6 Å². The van der Waals surface area contributed by atoms with Gasteiger partial charge < -0.3 is 4.98 Å². The fourth-order valence-corrected chi connectivity index (χ4v) is 3.28. The summed E-state index contributed by atoms with van der Waals surface area (Å²) in [6.45, 7) is 8.97. The van der Waals surface area contributed by atoms with Crippen molar-refractivity contribution in [3.8, 4) is 0 Å². The molecule has 0 aromatic carbocycles. The van der Waals surface area contributed by atoms with Crippen molar-refractivity contribution in [1.82, 2.24) is 19.3 Å². The van der Waals surface area contributed by atoms with Crippen molar-refractivity contribution in [3.63, 3.8) is 0 Å². The van der Waals surface area contributed by atoms with Gasteiger partial charge in [-0.05, 0) is 37.9 Å². The second-order valence-corrected chi connectivity index (χ2v) is 6.30. The van der Waals surface area contributed by atoms with E-state index >= 15 is 0 Å². The maximum Gasteiger partial charge on any atom is 0.179 e. The summed E-state index contributed by atoms with van der Waals surface area (Å²) in [5.41, 5.74) is 3.38. The molecule has 0 aliphatic heterocycles. The summed E-state index contributed by atoms with van der Waals surface area (Å²) in [7, 11) is 2.01. The van der Waals surface area contributed by atoms with E-state index in [0.717, 1.165) is 40.9 Å². The van der Waals surface area contributed by atoms with Gasteiger partial charge in [0.2, 0.25) is 0 Å². The number of hydrogen-bond acceptors (Lipinski definition) is 2. The van der Waals surface area contributed by atoms with Crippen molar-refractivity contribution in [2.75, 3.05) is 0 Å². The number of aromatic amines is 1. The minimum absolute atomic E-state index is 0.399. The molecule has 0 amide bonds. The van der Waals surface area contributed by atoms with Crippen LogP contribution in [-0.2, 0) is 13.5 Å². The summed E-state index contributed by atoms with van der Waals surface area (Å²) in [5, 5.41) is 4.64. The molecular weight excluding hydrogens is 268 g/mol. The molecule has 2 rings (SSSR count). The highest BCUT2D eigenvalue weighted by atomic mass is 32.1. The summed E-state index contributed by atoms with van der Waals surface area (Å²) >= 11 is 5.54. The molecule has 20 heavy (non-hydrogen) atoms. The Morgan fingerprint density at radius 1 is 1.30 bits per heavy atom. The van der Waals surface area contributed by atoms with Crippen LogP contribution in [0.5, 0.6) is 0 Å². The number of H-pyrrole nitrogens is 1. The monoisotopic (exact) mass is 294 g/mol. The SMILES string of the molecule is CCCc1nn(C)c2c1[nH]c(=S)n2C(C)CC(C)CC. The normalized spacial score (nSPS) is 14.8. The Morgan fingerprint density at radius 3 is 2.60 bits per heavy atom. The molecule has 0 fully saturated rings. The van der Waals surface area contributed by atoms with Crippen LogP contribution in [0.4, 0.5) is 0 Å². The first-order valence-corrected chi connectivity index (χ1v) is 8.06. The lowest BCUT2D eigenvalue weighted by atomic mass is 10.0. The number of hydrogen-bond donors (Lipinski definition) is 1. The Balaban J connectivity index is 2.48. The Morgan fingerprint density at radius 2 is 2.00 bits per heavy atom. The van der Waals surface area contributed by atoms with E-state index in [-0.39, 0.29) is 0 Å². The molecule has 0 spiro atoms. The first-order chi connectivity index (χ1) is 9.49. The van der Waals surface area contributed by atoms with Gasteiger partial charge in [-0.15, -0.1) is 0 Å². The smallest absolute Gasteiger partial charge is 0.179 e. The molecule has 112 valence electrons. The Bertz CT molecular complexity index is 634. The minimum Gasteiger partial charge on any atom is -0.328 e. The van der Waals surface area contributed by atoms with E-state index in [2.05, 4.69) is 42.3 Å². The number of aryl methyl sites for hydroxylation is 2. The van der Waals surface area contributed by atoms with E-state index in [1.165, 1.54) is 6.42 Å². The lowest BCUT2D eigenvalue weighted by Gasteiger charge is -2.18. The van der Waals surface area contributed by atoms with Crippen molar-refractivity contribution in [2.45, 2.75) is 59.4 Å². The number of aromatic nitrogens is 4. The van der Waals surface area contributed by atoms with Crippen LogP contribution in [0, 0.1) is 10.7 Å². The molecule has 0 saturated heterocycles. The molecule has 2 aromatic rings. The third-order valence-corrected chi connectivity index (χ3v) is 4.44. The molecule has 0 aliphatic carbocycles. The van der Waals surface area contributed by atoms with Crippen LogP contribution < -0.4 is 0 Å². The van der Waals surface area contributed by atoms with Gasteiger partial charge in [-0.3, -0.25) is 9.25 Å². The lowest BCUT2D eigenvalue weighted by Crippen LogP contribution is -2.11. The van der Waals surface area contributed by atoms with Gasteiger partial charge in [0.15, 0.2) is 10.4 Å². The minimum atomic E-state index is 0.399. The molecule has 0 aliphatic rings. The fourth-order valence-electron chi connectivity index (χ4n) is 2.91. The van der Waals surface area contributed by atoms with E-state index in [1.807, 2.05) is 11.7 Å². The topological polar surface area (TPSA) is 38.5 Å². The van der Waals surface area contributed by atoms with Crippen LogP contribution in [0.2, 0.25) is 0 Å². The van der Waals surface area contributed by atoms with Crippen molar-refractivity contribution in [3.05, 3.63) is 10.5 Å². The van der Waals surface area contributed by atoms with E-state index in [4.69, 9.17) is 12.2 Å². The fraction of sp³-hybridized carbons (Fsp3) is 0.733. The first-order valence-electron chi connectivity index (χ1n) is 7.65. The van der Waals surface area contributed by atoms with E-state index < -0.39 is 0 Å². The second kappa shape index (κ2) is 6.12. The van der Waals surface area contributed by atoms with Crippen LogP contribution in [0.3, 0.4) is 0 Å². The molecule has 0 bridgehead atoms. The molecular formula is C15H26N4S. The second-order valence-electron chi connectivity index (χ2n) is 5.92. The van der Waals surface area contributed by atoms with Crippen molar-refractivity contribution in [2.24, 2.45) is 13.0 Å². The summed E-state index contributed by atoms with van der Waals surface area (Å²) in [6, 6.07) is 0.399. The van der Waals surface area contributed by atoms with Crippen LogP contribution in [0.25, 0.3) is 11.2 Å². The van der Waals surface area contributed by atoms with E-state index in [1.54, 1.807) is 0 Å². The van der Waals surface area contributed by atoms with Crippen LogP contribution in [-0.4, -0.2) is 19.3 Å². The zero-order valence-corrected chi connectivity index (χ0v) is 14.0. The molecule has 2 aromatic heterocycles. The first kappa shape index (κ1) is 15.3. The van der Waals surface area contributed by atoms with Gasteiger partial charge in [0.25, 0.3) is 0 Å².